The minimum absolute atomic E-state index is 0.233. The zero-order chi connectivity index (χ0) is 17.4. The van der Waals surface area contributed by atoms with E-state index < -0.39 is 17.5 Å². The van der Waals surface area contributed by atoms with Crippen LogP contribution in [-0.4, -0.2) is 30.3 Å². The Bertz CT molecular complexity index is 581. The van der Waals surface area contributed by atoms with E-state index >= 15 is 0 Å². The van der Waals surface area contributed by atoms with Gasteiger partial charge in [-0.3, -0.25) is 4.79 Å². The summed E-state index contributed by atoms with van der Waals surface area (Å²) in [6.07, 6.45) is 7.51. The van der Waals surface area contributed by atoms with Crippen molar-refractivity contribution < 1.29 is 24.2 Å². The molecular formula is C19H23O5. The molecular weight excluding hydrogens is 308 g/mol. The van der Waals surface area contributed by atoms with Gasteiger partial charge in [0.1, 0.15) is 13.0 Å². The van der Waals surface area contributed by atoms with E-state index in [1.165, 1.54) is 0 Å². The van der Waals surface area contributed by atoms with Gasteiger partial charge in [0.05, 0.1) is 6.61 Å². The Kier molecular flexibility index (Phi) is 6.55. The second kappa shape index (κ2) is 8.64. The number of allylic oxidation sites excluding steroid dienone is 1. The molecule has 129 valence electrons. The van der Waals surface area contributed by atoms with Crippen LogP contribution in [-0.2, 0) is 24.7 Å². The topological polar surface area (TPSA) is 72.8 Å². The molecule has 1 N–H and O–H groups in total. The highest BCUT2D eigenvalue weighted by atomic mass is 16.6. The highest BCUT2D eigenvalue weighted by Crippen LogP contribution is 2.37. The van der Waals surface area contributed by atoms with Gasteiger partial charge in [-0.15, -0.1) is 0 Å². The van der Waals surface area contributed by atoms with Gasteiger partial charge in [0.25, 0.3) is 0 Å². The van der Waals surface area contributed by atoms with Crippen molar-refractivity contribution in [1.29, 1.82) is 0 Å². The van der Waals surface area contributed by atoms with E-state index in [2.05, 4.69) is 0 Å². The van der Waals surface area contributed by atoms with Gasteiger partial charge in [0, 0.05) is 5.92 Å². The molecule has 1 aromatic carbocycles. The number of hydrogen-bond acceptors (Lipinski definition) is 5. The summed E-state index contributed by atoms with van der Waals surface area (Å²) in [5, 5.41) is 11.2. The molecule has 1 aliphatic carbocycles. The van der Waals surface area contributed by atoms with Gasteiger partial charge in [-0.25, -0.2) is 4.79 Å². The van der Waals surface area contributed by atoms with Crippen molar-refractivity contribution in [3.05, 3.63) is 54.5 Å². The summed E-state index contributed by atoms with van der Waals surface area (Å²) in [5.41, 5.74) is -1.27. The van der Waals surface area contributed by atoms with E-state index in [9.17, 15) is 14.7 Å². The van der Waals surface area contributed by atoms with E-state index in [4.69, 9.17) is 9.47 Å². The predicted octanol–water partition coefficient (Wildman–Crippen LogP) is 2.54. The molecule has 0 fully saturated rings. The first-order valence-corrected chi connectivity index (χ1v) is 8.20. The molecule has 0 saturated carbocycles. The van der Waals surface area contributed by atoms with Crippen LogP contribution >= 0.6 is 0 Å². The van der Waals surface area contributed by atoms with E-state index in [1.807, 2.05) is 18.2 Å². The fourth-order valence-electron chi connectivity index (χ4n) is 2.83. The summed E-state index contributed by atoms with van der Waals surface area (Å²) in [4.78, 5) is 23.9. The molecule has 2 atom stereocenters. The van der Waals surface area contributed by atoms with E-state index in [1.54, 1.807) is 31.2 Å². The van der Waals surface area contributed by atoms with Crippen LogP contribution in [0.1, 0.15) is 31.7 Å². The maximum absolute atomic E-state index is 12.6. The number of carbonyl (C=O) groups is 2. The van der Waals surface area contributed by atoms with Crippen LogP contribution < -0.4 is 0 Å². The number of carbonyl (C=O) groups excluding carboxylic acids is 2. The average molecular weight is 331 g/mol. The molecule has 1 radical (unpaired) electrons. The Morgan fingerprint density at radius 2 is 2.04 bits per heavy atom. The zero-order valence-corrected chi connectivity index (χ0v) is 13.8. The molecule has 1 aliphatic rings. The van der Waals surface area contributed by atoms with E-state index in [-0.39, 0.29) is 19.1 Å². The van der Waals surface area contributed by atoms with E-state index in [0.29, 0.717) is 12.0 Å². The van der Waals surface area contributed by atoms with Gasteiger partial charge < -0.3 is 14.6 Å². The van der Waals surface area contributed by atoms with Gasteiger partial charge in [0.2, 0.25) is 0 Å². The minimum Gasteiger partial charge on any atom is -0.466 e. The van der Waals surface area contributed by atoms with Crippen molar-refractivity contribution in [1.82, 2.24) is 0 Å². The normalized spacial score (nSPS) is 19.3. The van der Waals surface area contributed by atoms with Gasteiger partial charge >= 0.3 is 11.9 Å². The molecule has 0 spiro atoms. The lowest BCUT2D eigenvalue weighted by atomic mass is 9.76. The van der Waals surface area contributed by atoms with Gasteiger partial charge in [-0.2, -0.15) is 0 Å². The highest BCUT2D eigenvalue weighted by molar-refractivity contribution is 5.83. The summed E-state index contributed by atoms with van der Waals surface area (Å²) in [6.45, 7) is 1.72. The lowest BCUT2D eigenvalue weighted by molar-refractivity contribution is -0.171. The summed E-state index contributed by atoms with van der Waals surface area (Å²) < 4.78 is 9.90. The summed E-state index contributed by atoms with van der Waals surface area (Å²) in [6, 6.07) is 8.77. The second-order valence-electron chi connectivity index (χ2n) is 5.65. The van der Waals surface area contributed by atoms with Crippen molar-refractivity contribution in [2.45, 2.75) is 31.8 Å². The maximum Gasteiger partial charge on any atom is 0.343 e. The van der Waals surface area contributed by atoms with Crippen molar-refractivity contribution in [2.24, 2.45) is 5.92 Å². The van der Waals surface area contributed by atoms with Gasteiger partial charge in [-0.1, -0.05) is 42.5 Å². The van der Waals surface area contributed by atoms with Crippen LogP contribution in [0, 0.1) is 12.3 Å². The van der Waals surface area contributed by atoms with Crippen molar-refractivity contribution >= 4 is 11.9 Å². The molecule has 0 saturated heterocycles. The third-order valence-electron chi connectivity index (χ3n) is 4.07. The molecule has 24 heavy (non-hydrogen) atoms. The second-order valence-corrected chi connectivity index (χ2v) is 5.65. The summed E-state index contributed by atoms with van der Waals surface area (Å²) >= 11 is 0. The van der Waals surface area contributed by atoms with E-state index in [0.717, 1.165) is 19.3 Å². The Labute approximate surface area is 142 Å². The molecule has 0 bridgehead atoms. The minimum atomic E-state index is -1.76. The smallest absolute Gasteiger partial charge is 0.343 e. The fourth-order valence-corrected chi connectivity index (χ4v) is 2.83. The molecule has 5 heteroatoms. The third kappa shape index (κ3) is 4.23. The van der Waals surface area contributed by atoms with Crippen LogP contribution in [0.5, 0.6) is 0 Å². The van der Waals surface area contributed by atoms with Crippen LogP contribution in [0.15, 0.2) is 42.5 Å². The first kappa shape index (κ1) is 18.2. The Balaban J connectivity index is 2.13. The third-order valence-corrected chi connectivity index (χ3v) is 4.07. The molecule has 0 heterocycles. The molecule has 0 aromatic heterocycles. The van der Waals surface area contributed by atoms with Crippen LogP contribution in [0.2, 0.25) is 0 Å². The molecule has 5 nitrogen and oxygen atoms in total. The summed E-state index contributed by atoms with van der Waals surface area (Å²) in [5.74, 6) is -1.67. The number of esters is 2. The lowest BCUT2D eigenvalue weighted by Crippen LogP contribution is -2.44. The number of benzene rings is 1. The molecule has 2 unspecified atom stereocenters. The van der Waals surface area contributed by atoms with Crippen molar-refractivity contribution in [3.8, 4) is 0 Å². The zero-order valence-electron chi connectivity index (χ0n) is 13.8. The van der Waals surface area contributed by atoms with Crippen LogP contribution in [0.25, 0.3) is 0 Å². The standard InChI is InChI=1S/C19H23O5/c1-2-23-17(20)13-14-24-18(21)19(22,15-9-5-3-6-10-15)16-11-7-4-8-12-16/h3,5-7,9-11,13,16,22H,2,4,8,12,14H2,1H3. The highest BCUT2D eigenvalue weighted by Gasteiger charge is 2.46. The molecule has 2 rings (SSSR count). The predicted molar refractivity (Wildman–Crippen MR) is 88.7 cm³/mol. The lowest BCUT2D eigenvalue weighted by Gasteiger charge is -2.34. The number of aliphatic hydroxyl groups is 1. The van der Waals surface area contributed by atoms with Crippen molar-refractivity contribution in [3.63, 3.8) is 0 Å². The van der Waals surface area contributed by atoms with Crippen LogP contribution in [0.4, 0.5) is 0 Å². The molecule has 0 aliphatic heterocycles. The first-order valence-electron chi connectivity index (χ1n) is 8.20. The van der Waals surface area contributed by atoms with Crippen molar-refractivity contribution in [2.75, 3.05) is 13.2 Å². The van der Waals surface area contributed by atoms with Gasteiger partial charge in [0.15, 0.2) is 5.60 Å². The number of ether oxygens (including phenoxy) is 2. The largest absolute Gasteiger partial charge is 0.466 e. The number of hydrogen-bond donors (Lipinski definition) is 1. The van der Waals surface area contributed by atoms with Gasteiger partial charge in [-0.05, 0) is 31.7 Å². The first-order chi connectivity index (χ1) is 11.6. The number of rotatable bonds is 7. The average Bonchev–Trinajstić information content (AvgIpc) is 2.62. The summed E-state index contributed by atoms with van der Waals surface area (Å²) in [7, 11) is 0. The molecule has 0 amide bonds. The monoisotopic (exact) mass is 331 g/mol. The van der Waals surface area contributed by atoms with Crippen LogP contribution in [0.3, 0.4) is 0 Å². The maximum atomic E-state index is 12.6. The SMILES string of the molecule is CCOC(=O)[CH]COC(=O)C(O)(c1ccccc1)C1C=CCCC1. The molecule has 1 aromatic rings. The quantitative estimate of drug-likeness (QED) is 0.614. The fraction of sp³-hybridized carbons (Fsp3) is 0.421. The Morgan fingerprint density at radius 3 is 2.67 bits per heavy atom. The Morgan fingerprint density at radius 1 is 1.29 bits per heavy atom. The Hall–Kier alpha value is -2.14.